The van der Waals surface area contributed by atoms with Crippen molar-refractivity contribution in [3.8, 4) is 0 Å². The average Bonchev–Trinajstić information content (AvgIpc) is 2.89. The monoisotopic (exact) mass is 285 g/mol. The van der Waals surface area contributed by atoms with Gasteiger partial charge in [0.05, 0.1) is 0 Å². The van der Waals surface area contributed by atoms with E-state index in [1.807, 2.05) is 12.4 Å². The Morgan fingerprint density at radius 3 is 2.33 bits per heavy atom. The highest BCUT2D eigenvalue weighted by atomic mass is 15.0. The highest BCUT2D eigenvalue weighted by Crippen LogP contribution is 2.22. The lowest BCUT2D eigenvalue weighted by Gasteiger charge is -2.19. The molecule has 0 aliphatic carbocycles. The van der Waals surface area contributed by atoms with Crippen LogP contribution in [0.3, 0.4) is 0 Å². The highest BCUT2D eigenvalue weighted by Gasteiger charge is 2.12. The summed E-state index contributed by atoms with van der Waals surface area (Å²) in [4.78, 5) is 4.41. The molecule has 3 nitrogen and oxygen atoms in total. The molecule has 2 rings (SSSR count). The molecule has 2 aromatic rings. The van der Waals surface area contributed by atoms with E-state index in [4.69, 9.17) is 0 Å². The van der Waals surface area contributed by atoms with Crippen LogP contribution in [0.2, 0.25) is 0 Å². The summed E-state index contributed by atoms with van der Waals surface area (Å²) in [6.45, 7) is 7.61. The Hall–Kier alpha value is -1.61. The highest BCUT2D eigenvalue weighted by molar-refractivity contribution is 5.27. The second-order valence-electron chi connectivity index (χ2n) is 5.92. The van der Waals surface area contributed by atoms with Gasteiger partial charge >= 0.3 is 0 Å². The van der Waals surface area contributed by atoms with Crippen molar-refractivity contribution in [2.75, 3.05) is 6.54 Å². The van der Waals surface area contributed by atoms with Crippen molar-refractivity contribution >= 4 is 0 Å². The molecule has 1 aromatic heterocycles. The zero-order valence-electron chi connectivity index (χ0n) is 13.6. The van der Waals surface area contributed by atoms with Crippen molar-refractivity contribution in [3.05, 3.63) is 53.6 Å². The number of hydrogen-bond acceptors (Lipinski definition) is 2. The Bertz CT molecular complexity index is 540. The van der Waals surface area contributed by atoms with Crippen molar-refractivity contribution in [2.24, 2.45) is 7.05 Å². The molecule has 1 heterocycles. The van der Waals surface area contributed by atoms with Gasteiger partial charge in [-0.3, -0.25) is 0 Å². The van der Waals surface area contributed by atoms with Crippen LogP contribution in [0.4, 0.5) is 0 Å². The molecule has 1 aromatic carbocycles. The number of rotatable bonds is 7. The number of aromatic nitrogens is 2. The number of aryl methyl sites for hydroxylation is 2. The summed E-state index contributed by atoms with van der Waals surface area (Å²) >= 11 is 0. The third-order valence-corrected chi connectivity index (χ3v) is 4.03. The summed E-state index contributed by atoms with van der Waals surface area (Å²) in [6, 6.07) is 9.44. The third kappa shape index (κ3) is 4.18. The van der Waals surface area contributed by atoms with E-state index in [0.717, 1.165) is 25.2 Å². The molecule has 114 valence electrons. The molecule has 21 heavy (non-hydrogen) atoms. The van der Waals surface area contributed by atoms with Crippen molar-refractivity contribution in [1.82, 2.24) is 14.9 Å². The number of imidazole rings is 1. The third-order valence-electron chi connectivity index (χ3n) is 4.03. The van der Waals surface area contributed by atoms with Crippen molar-refractivity contribution in [3.63, 3.8) is 0 Å². The molecule has 3 heteroatoms. The Balaban J connectivity index is 2.05. The molecule has 0 spiro atoms. The molecule has 0 fully saturated rings. The molecule has 1 atom stereocenters. The van der Waals surface area contributed by atoms with E-state index in [9.17, 15) is 0 Å². The average molecular weight is 285 g/mol. The second kappa shape index (κ2) is 7.41. The topological polar surface area (TPSA) is 29.9 Å². The molecular weight excluding hydrogens is 258 g/mol. The quantitative estimate of drug-likeness (QED) is 0.838. The summed E-state index contributed by atoms with van der Waals surface area (Å²) in [5.74, 6) is 1.74. The number of hydrogen-bond donors (Lipinski definition) is 1. The molecular formula is C18H27N3. The van der Waals surface area contributed by atoms with Crippen molar-refractivity contribution in [1.29, 1.82) is 0 Å². The summed E-state index contributed by atoms with van der Waals surface area (Å²) in [5.41, 5.74) is 2.77. The molecule has 0 saturated heterocycles. The second-order valence-corrected chi connectivity index (χ2v) is 5.92. The van der Waals surface area contributed by atoms with E-state index in [0.29, 0.717) is 12.0 Å². The first-order chi connectivity index (χ1) is 10.1. The van der Waals surface area contributed by atoms with Crippen LogP contribution in [0.25, 0.3) is 0 Å². The summed E-state index contributed by atoms with van der Waals surface area (Å²) in [6.07, 6.45) is 5.94. The first-order valence-corrected chi connectivity index (χ1v) is 7.91. The van der Waals surface area contributed by atoms with Crippen molar-refractivity contribution < 1.29 is 0 Å². The van der Waals surface area contributed by atoms with E-state index in [-0.39, 0.29) is 0 Å². The first-order valence-electron chi connectivity index (χ1n) is 7.91. The minimum absolute atomic E-state index is 0.396. The van der Waals surface area contributed by atoms with Gasteiger partial charge in [-0.25, -0.2) is 4.98 Å². The van der Waals surface area contributed by atoms with Gasteiger partial charge in [-0.15, -0.1) is 0 Å². The summed E-state index contributed by atoms with van der Waals surface area (Å²) in [7, 11) is 2.06. The minimum Gasteiger partial charge on any atom is -0.338 e. The molecule has 0 radical (unpaired) electrons. The van der Waals surface area contributed by atoms with E-state index in [1.54, 1.807) is 0 Å². The lowest BCUT2D eigenvalue weighted by atomic mass is 9.97. The predicted octanol–water partition coefficient (Wildman–Crippen LogP) is 3.83. The Morgan fingerprint density at radius 1 is 1.14 bits per heavy atom. The van der Waals surface area contributed by atoms with Crippen LogP contribution < -0.4 is 5.32 Å². The van der Waals surface area contributed by atoms with Gasteiger partial charge in [0.15, 0.2) is 0 Å². The normalized spacial score (nSPS) is 12.8. The van der Waals surface area contributed by atoms with E-state index < -0.39 is 0 Å². The lowest BCUT2D eigenvalue weighted by Crippen LogP contribution is -2.22. The van der Waals surface area contributed by atoms with Crippen LogP contribution in [0.5, 0.6) is 0 Å². The van der Waals surface area contributed by atoms with Gasteiger partial charge in [-0.2, -0.15) is 0 Å². The smallest absolute Gasteiger partial charge is 0.108 e. The molecule has 1 unspecified atom stereocenters. The van der Waals surface area contributed by atoms with Gasteiger partial charge in [0.2, 0.25) is 0 Å². The maximum atomic E-state index is 4.41. The van der Waals surface area contributed by atoms with Crippen LogP contribution in [0.15, 0.2) is 36.7 Å². The number of benzene rings is 1. The fraction of sp³-hybridized carbons (Fsp3) is 0.500. The number of nitrogens with one attached hydrogen (secondary N) is 1. The van der Waals surface area contributed by atoms with Gasteiger partial charge in [-0.05, 0) is 30.0 Å². The molecule has 1 N–H and O–H groups in total. The summed E-state index contributed by atoms with van der Waals surface area (Å²) < 4.78 is 2.10. The molecule has 0 saturated carbocycles. The largest absolute Gasteiger partial charge is 0.338 e. The molecule has 0 aliphatic heterocycles. The Kier molecular flexibility index (Phi) is 5.57. The Labute approximate surface area is 128 Å². The molecule has 0 amide bonds. The minimum atomic E-state index is 0.396. The van der Waals surface area contributed by atoms with Crippen LogP contribution >= 0.6 is 0 Å². The van der Waals surface area contributed by atoms with Crippen LogP contribution in [0, 0.1) is 0 Å². The van der Waals surface area contributed by atoms with Gasteiger partial charge in [0.1, 0.15) is 5.82 Å². The SMILES string of the molecule is CCNC(CCc1nccn1C)c1ccc(C(C)C)cc1. The standard InChI is InChI=1S/C18H27N3/c1-5-19-17(10-11-18-20-12-13-21(18)4)16-8-6-15(7-9-16)14(2)3/h6-9,12-14,17,19H,5,10-11H2,1-4H3. The Morgan fingerprint density at radius 2 is 1.81 bits per heavy atom. The van der Waals surface area contributed by atoms with Crippen LogP contribution in [-0.2, 0) is 13.5 Å². The fourth-order valence-corrected chi connectivity index (χ4v) is 2.66. The van der Waals surface area contributed by atoms with Crippen LogP contribution in [0.1, 0.15) is 56.1 Å². The maximum absolute atomic E-state index is 4.41. The molecule has 0 bridgehead atoms. The fourth-order valence-electron chi connectivity index (χ4n) is 2.66. The van der Waals surface area contributed by atoms with E-state index in [1.165, 1.54) is 11.1 Å². The van der Waals surface area contributed by atoms with Crippen molar-refractivity contribution in [2.45, 2.75) is 45.6 Å². The van der Waals surface area contributed by atoms with E-state index >= 15 is 0 Å². The van der Waals surface area contributed by atoms with Gasteiger partial charge in [0, 0.05) is 31.9 Å². The van der Waals surface area contributed by atoms with Gasteiger partial charge < -0.3 is 9.88 Å². The zero-order valence-corrected chi connectivity index (χ0v) is 13.6. The maximum Gasteiger partial charge on any atom is 0.108 e. The zero-order chi connectivity index (χ0) is 15.2. The van der Waals surface area contributed by atoms with Gasteiger partial charge in [0.25, 0.3) is 0 Å². The summed E-state index contributed by atoms with van der Waals surface area (Å²) in [5, 5.41) is 3.59. The predicted molar refractivity (Wildman–Crippen MR) is 88.5 cm³/mol. The lowest BCUT2D eigenvalue weighted by molar-refractivity contribution is 0.505. The van der Waals surface area contributed by atoms with Crippen LogP contribution in [-0.4, -0.2) is 16.1 Å². The van der Waals surface area contributed by atoms with Gasteiger partial charge in [-0.1, -0.05) is 45.0 Å². The molecule has 0 aliphatic rings. The number of nitrogens with zero attached hydrogens (tertiary/aromatic N) is 2. The first kappa shape index (κ1) is 15.8. The van der Waals surface area contributed by atoms with E-state index in [2.05, 4.69) is 67.0 Å².